The van der Waals surface area contributed by atoms with E-state index in [1.54, 1.807) is 60.7 Å². The second-order valence-corrected chi connectivity index (χ2v) is 4.64. The first-order valence-electron chi connectivity index (χ1n) is 6.56. The number of ether oxygens (including phenoxy) is 1. The van der Waals surface area contributed by atoms with E-state index in [2.05, 4.69) is 0 Å². The minimum absolute atomic E-state index is 0.372. The monoisotopic (exact) mass is 284 g/mol. The second-order valence-electron chi connectivity index (χ2n) is 4.64. The van der Waals surface area contributed by atoms with Crippen LogP contribution in [0, 0.1) is 0 Å². The fraction of sp³-hybridized carbons (Fsp3) is 0.176. The summed E-state index contributed by atoms with van der Waals surface area (Å²) in [6.07, 6.45) is 0. The van der Waals surface area contributed by atoms with Crippen LogP contribution in [0.1, 0.15) is 22.8 Å². The Kier molecular flexibility index (Phi) is 4.50. The van der Waals surface area contributed by atoms with Gasteiger partial charge in [0.05, 0.1) is 6.61 Å². The summed E-state index contributed by atoms with van der Waals surface area (Å²) >= 11 is 0. The van der Waals surface area contributed by atoms with Crippen LogP contribution >= 0.6 is 0 Å². The summed E-state index contributed by atoms with van der Waals surface area (Å²) in [7, 11) is 0. The Bertz CT molecular complexity index is 622. The molecule has 21 heavy (non-hydrogen) atoms. The van der Waals surface area contributed by atoms with Crippen LogP contribution in [-0.4, -0.2) is 23.5 Å². The maximum atomic E-state index is 12.8. The first-order chi connectivity index (χ1) is 10.1. The predicted octanol–water partition coefficient (Wildman–Crippen LogP) is 2.32. The highest BCUT2D eigenvalue weighted by Crippen LogP contribution is 2.30. The molecule has 2 rings (SSSR count). The van der Waals surface area contributed by atoms with Gasteiger partial charge in [-0.3, -0.25) is 9.59 Å². The van der Waals surface area contributed by atoms with Gasteiger partial charge < -0.3 is 9.84 Å². The zero-order valence-electron chi connectivity index (χ0n) is 11.7. The van der Waals surface area contributed by atoms with Gasteiger partial charge in [0.2, 0.25) is 11.4 Å². The van der Waals surface area contributed by atoms with Crippen molar-refractivity contribution in [3.8, 4) is 0 Å². The van der Waals surface area contributed by atoms with Gasteiger partial charge in [0.1, 0.15) is 0 Å². The third-order valence-corrected chi connectivity index (χ3v) is 3.18. The van der Waals surface area contributed by atoms with E-state index in [0.717, 1.165) is 0 Å². The molecule has 0 amide bonds. The van der Waals surface area contributed by atoms with Gasteiger partial charge in [0, 0.05) is 18.1 Å². The smallest absolute Gasteiger partial charge is 0.304 e. The largest absolute Gasteiger partial charge is 0.443 e. The third kappa shape index (κ3) is 3.01. The van der Waals surface area contributed by atoms with Gasteiger partial charge in [-0.2, -0.15) is 0 Å². The highest BCUT2D eigenvalue weighted by atomic mass is 16.6. The molecule has 0 saturated carbocycles. The van der Waals surface area contributed by atoms with Gasteiger partial charge in [-0.05, 0) is 0 Å². The fourth-order valence-corrected chi connectivity index (χ4v) is 2.21. The molecule has 1 unspecified atom stereocenters. The molecule has 0 saturated heterocycles. The van der Waals surface area contributed by atoms with Crippen molar-refractivity contribution in [2.75, 3.05) is 6.61 Å². The molecule has 4 heteroatoms. The Labute approximate surface area is 123 Å². The lowest BCUT2D eigenvalue weighted by Crippen LogP contribution is -2.43. The van der Waals surface area contributed by atoms with Crippen LogP contribution in [0.3, 0.4) is 0 Å². The van der Waals surface area contributed by atoms with Crippen molar-refractivity contribution in [1.82, 2.24) is 0 Å². The summed E-state index contributed by atoms with van der Waals surface area (Å²) in [6, 6.07) is 17.0. The molecule has 0 radical (unpaired) electrons. The molecular formula is C17H16O4. The number of hydrogen-bond donors (Lipinski definition) is 1. The van der Waals surface area contributed by atoms with Crippen LogP contribution in [0.25, 0.3) is 0 Å². The molecule has 0 aliphatic carbocycles. The quantitative estimate of drug-likeness (QED) is 0.676. The topological polar surface area (TPSA) is 63.6 Å². The van der Waals surface area contributed by atoms with E-state index in [1.165, 1.54) is 6.92 Å². The molecule has 0 aliphatic heterocycles. The number of rotatable bonds is 5. The molecule has 1 N–H and O–H groups in total. The van der Waals surface area contributed by atoms with Crippen LogP contribution in [0.2, 0.25) is 0 Å². The zero-order valence-corrected chi connectivity index (χ0v) is 11.7. The van der Waals surface area contributed by atoms with Crippen molar-refractivity contribution in [1.29, 1.82) is 0 Å². The normalized spacial score (nSPS) is 13.2. The van der Waals surface area contributed by atoms with Crippen LogP contribution in [0.15, 0.2) is 60.7 Å². The van der Waals surface area contributed by atoms with Gasteiger partial charge in [-0.25, -0.2) is 0 Å². The first-order valence-corrected chi connectivity index (χ1v) is 6.56. The summed E-state index contributed by atoms with van der Waals surface area (Å²) in [5, 5.41) is 9.81. The number of benzene rings is 2. The maximum Gasteiger partial charge on any atom is 0.304 e. The van der Waals surface area contributed by atoms with E-state index in [-0.39, 0.29) is 0 Å². The molecule has 0 fully saturated rings. The minimum Gasteiger partial charge on any atom is -0.443 e. The Morgan fingerprint density at radius 3 is 2.00 bits per heavy atom. The molecule has 2 aromatic rings. The number of hydrogen-bond acceptors (Lipinski definition) is 4. The zero-order chi connectivity index (χ0) is 15.3. The van der Waals surface area contributed by atoms with Crippen LogP contribution < -0.4 is 0 Å². The molecule has 0 aliphatic rings. The van der Waals surface area contributed by atoms with E-state index < -0.39 is 24.0 Å². The van der Waals surface area contributed by atoms with E-state index in [9.17, 15) is 14.7 Å². The maximum absolute atomic E-state index is 12.8. The Balaban J connectivity index is 2.55. The Morgan fingerprint density at radius 2 is 1.52 bits per heavy atom. The molecule has 4 nitrogen and oxygen atoms in total. The molecule has 2 aromatic carbocycles. The lowest BCUT2D eigenvalue weighted by molar-refractivity contribution is -0.157. The summed E-state index contributed by atoms with van der Waals surface area (Å²) in [6.45, 7) is 0.593. The van der Waals surface area contributed by atoms with Crippen molar-refractivity contribution in [2.45, 2.75) is 12.5 Å². The van der Waals surface area contributed by atoms with Gasteiger partial charge in [-0.15, -0.1) is 0 Å². The molecule has 108 valence electrons. The highest BCUT2D eigenvalue weighted by molar-refractivity contribution is 6.04. The van der Waals surface area contributed by atoms with Crippen molar-refractivity contribution in [3.63, 3.8) is 0 Å². The van der Waals surface area contributed by atoms with Crippen LogP contribution in [0.5, 0.6) is 0 Å². The van der Waals surface area contributed by atoms with Gasteiger partial charge in [-0.1, -0.05) is 60.7 Å². The molecule has 0 heterocycles. The standard InChI is InChI=1S/C17H16O4/c1-13(19)21-17(12-18,15-10-6-3-7-11-15)16(20)14-8-4-2-5-9-14/h2-11,18H,12H2,1H3. The molecular weight excluding hydrogens is 268 g/mol. The minimum atomic E-state index is -1.71. The average molecular weight is 284 g/mol. The summed E-state index contributed by atoms with van der Waals surface area (Å²) in [5.41, 5.74) is -0.901. The van der Waals surface area contributed by atoms with E-state index in [1.807, 2.05) is 0 Å². The SMILES string of the molecule is CC(=O)OC(CO)(C(=O)c1ccccc1)c1ccccc1. The highest BCUT2D eigenvalue weighted by Gasteiger charge is 2.43. The number of carbonyl (C=O) groups is 2. The van der Waals surface area contributed by atoms with Crippen molar-refractivity contribution >= 4 is 11.8 Å². The predicted molar refractivity (Wildman–Crippen MR) is 77.7 cm³/mol. The third-order valence-electron chi connectivity index (χ3n) is 3.18. The summed E-state index contributed by atoms with van der Waals surface area (Å²) < 4.78 is 5.25. The first kappa shape index (κ1) is 14.9. The van der Waals surface area contributed by atoms with Crippen LogP contribution in [-0.2, 0) is 15.1 Å². The average Bonchev–Trinajstić information content (AvgIpc) is 2.53. The van der Waals surface area contributed by atoms with Gasteiger partial charge >= 0.3 is 5.97 Å². The number of Topliss-reactive ketones (excluding diaryl/α,β-unsaturated/α-hetero) is 1. The molecule has 1 atom stereocenters. The lowest BCUT2D eigenvalue weighted by atomic mass is 9.86. The van der Waals surface area contributed by atoms with Crippen LogP contribution in [0.4, 0.5) is 0 Å². The van der Waals surface area contributed by atoms with E-state index in [0.29, 0.717) is 11.1 Å². The van der Waals surface area contributed by atoms with E-state index >= 15 is 0 Å². The van der Waals surface area contributed by atoms with E-state index in [4.69, 9.17) is 4.74 Å². The second kappa shape index (κ2) is 6.33. The van der Waals surface area contributed by atoms with Gasteiger partial charge in [0.25, 0.3) is 0 Å². The summed E-state index contributed by atoms with van der Waals surface area (Å²) in [4.78, 5) is 24.2. The van der Waals surface area contributed by atoms with Crippen molar-refractivity contribution in [3.05, 3.63) is 71.8 Å². The molecule has 0 spiro atoms. The number of aliphatic hydroxyl groups excluding tert-OH is 1. The molecule has 0 aromatic heterocycles. The fourth-order valence-electron chi connectivity index (χ4n) is 2.21. The van der Waals surface area contributed by atoms with Crippen molar-refractivity contribution < 1.29 is 19.4 Å². The Morgan fingerprint density at radius 1 is 1.00 bits per heavy atom. The molecule has 0 bridgehead atoms. The van der Waals surface area contributed by atoms with Gasteiger partial charge in [0.15, 0.2) is 0 Å². The van der Waals surface area contributed by atoms with Crippen molar-refractivity contribution in [2.24, 2.45) is 0 Å². The summed E-state index contributed by atoms with van der Waals surface area (Å²) in [5.74, 6) is -1.08. The number of carbonyl (C=O) groups excluding carboxylic acids is 2. The lowest BCUT2D eigenvalue weighted by Gasteiger charge is -2.30. The number of esters is 1. The Hall–Kier alpha value is -2.46. The number of ketones is 1. The number of aliphatic hydroxyl groups is 1.